The van der Waals surface area contributed by atoms with E-state index in [2.05, 4.69) is 4.98 Å². The predicted molar refractivity (Wildman–Crippen MR) is 53.1 cm³/mol. The van der Waals surface area contributed by atoms with Crippen molar-refractivity contribution in [1.29, 1.82) is 5.26 Å². The second kappa shape index (κ2) is 5.32. The number of rotatable bonds is 4. The van der Waals surface area contributed by atoms with Crippen molar-refractivity contribution in [2.75, 3.05) is 0 Å². The molecule has 0 unspecified atom stereocenters. The molecule has 1 aromatic rings. The topological polar surface area (TPSA) is 100 Å². The lowest BCUT2D eigenvalue weighted by Crippen LogP contribution is -2.11. The van der Waals surface area contributed by atoms with E-state index in [-0.39, 0.29) is 23.5 Å². The molecule has 1 heterocycles. The summed E-state index contributed by atoms with van der Waals surface area (Å²) in [7, 11) is 0. The minimum absolute atomic E-state index is 0.0992. The Kier molecular flexibility index (Phi) is 4.06. The molecule has 0 aliphatic rings. The van der Waals surface area contributed by atoms with E-state index in [1.54, 1.807) is 6.07 Å². The van der Waals surface area contributed by atoms with Crippen molar-refractivity contribution in [1.82, 2.24) is 4.98 Å². The Morgan fingerprint density at radius 2 is 2.29 bits per heavy atom. The number of carboxylic acids is 1. The maximum absolute atomic E-state index is 12.7. The maximum atomic E-state index is 12.7. The third-order valence-corrected chi connectivity index (χ3v) is 2.05. The van der Waals surface area contributed by atoms with Crippen LogP contribution in [0.25, 0.3) is 0 Å². The minimum atomic E-state index is -2.87. The number of nitrogens with zero attached hydrogens (tertiary/aromatic N) is 2. The number of halogens is 2. The summed E-state index contributed by atoms with van der Waals surface area (Å²) >= 11 is 0. The highest BCUT2D eigenvalue weighted by Crippen LogP contribution is 2.25. The second-order valence-corrected chi connectivity index (χ2v) is 3.21. The average Bonchev–Trinajstić information content (AvgIpc) is 2.26. The third-order valence-electron chi connectivity index (χ3n) is 2.05. The lowest BCUT2D eigenvalue weighted by Gasteiger charge is -2.09. The van der Waals surface area contributed by atoms with Crippen LogP contribution in [0.5, 0.6) is 0 Å². The molecule has 0 aliphatic carbocycles. The lowest BCUT2D eigenvalue weighted by molar-refractivity contribution is -0.136. The number of carboxylic acid groups (broad SMARTS) is 1. The Hall–Kier alpha value is -2.07. The van der Waals surface area contributed by atoms with Gasteiger partial charge < -0.3 is 10.8 Å². The number of nitriles is 1. The zero-order valence-electron chi connectivity index (χ0n) is 8.65. The molecule has 0 atom stereocenters. The van der Waals surface area contributed by atoms with E-state index in [9.17, 15) is 13.6 Å². The molecule has 17 heavy (non-hydrogen) atoms. The van der Waals surface area contributed by atoms with Crippen molar-refractivity contribution in [2.45, 2.75) is 19.4 Å². The molecule has 3 N–H and O–H groups in total. The quantitative estimate of drug-likeness (QED) is 0.818. The number of aliphatic carboxylic acids is 1. The number of aromatic nitrogens is 1. The van der Waals surface area contributed by atoms with Crippen molar-refractivity contribution in [2.24, 2.45) is 5.73 Å². The van der Waals surface area contributed by atoms with Crippen LogP contribution in [0, 0.1) is 11.3 Å². The van der Waals surface area contributed by atoms with Gasteiger partial charge in [0.25, 0.3) is 6.43 Å². The summed E-state index contributed by atoms with van der Waals surface area (Å²) in [6.45, 7) is -0.0992. The van der Waals surface area contributed by atoms with Gasteiger partial charge in [0, 0.05) is 12.1 Å². The molecule has 7 heteroatoms. The molecule has 0 amide bonds. The highest BCUT2D eigenvalue weighted by molar-refractivity contribution is 5.71. The summed E-state index contributed by atoms with van der Waals surface area (Å²) in [6.07, 6.45) is -3.46. The second-order valence-electron chi connectivity index (χ2n) is 3.21. The van der Waals surface area contributed by atoms with E-state index in [1.165, 1.54) is 0 Å². The average molecular weight is 241 g/mol. The SMILES string of the molecule is N#Cc1c(C(F)F)cc(CN)nc1CC(=O)O. The molecular weight excluding hydrogens is 232 g/mol. The van der Waals surface area contributed by atoms with Crippen LogP contribution in [0.4, 0.5) is 8.78 Å². The molecule has 0 radical (unpaired) electrons. The molecule has 90 valence electrons. The van der Waals surface area contributed by atoms with Gasteiger partial charge in [-0.3, -0.25) is 9.78 Å². The summed E-state index contributed by atoms with van der Waals surface area (Å²) in [6, 6.07) is 2.58. The van der Waals surface area contributed by atoms with Gasteiger partial charge in [0.15, 0.2) is 0 Å². The first-order valence-electron chi connectivity index (χ1n) is 4.62. The van der Waals surface area contributed by atoms with Gasteiger partial charge in [0.1, 0.15) is 6.07 Å². The van der Waals surface area contributed by atoms with Crippen LogP contribution in [-0.4, -0.2) is 16.1 Å². The van der Waals surface area contributed by atoms with Gasteiger partial charge in [-0.05, 0) is 6.07 Å². The van der Waals surface area contributed by atoms with E-state index in [0.717, 1.165) is 6.07 Å². The van der Waals surface area contributed by atoms with Gasteiger partial charge in [0.05, 0.1) is 23.4 Å². The van der Waals surface area contributed by atoms with Crippen LogP contribution in [0.3, 0.4) is 0 Å². The van der Waals surface area contributed by atoms with Gasteiger partial charge in [0.2, 0.25) is 0 Å². The molecule has 0 saturated carbocycles. The van der Waals surface area contributed by atoms with Crippen LogP contribution in [-0.2, 0) is 17.8 Å². The molecule has 0 aliphatic heterocycles. The van der Waals surface area contributed by atoms with Crippen LogP contribution in [0.15, 0.2) is 6.07 Å². The van der Waals surface area contributed by atoms with Gasteiger partial charge >= 0.3 is 5.97 Å². The van der Waals surface area contributed by atoms with Gasteiger partial charge in [-0.15, -0.1) is 0 Å². The normalized spacial score (nSPS) is 10.3. The van der Waals surface area contributed by atoms with Crippen LogP contribution in [0.1, 0.15) is 28.9 Å². The molecule has 1 rings (SSSR count). The van der Waals surface area contributed by atoms with Crippen LogP contribution >= 0.6 is 0 Å². The number of nitrogens with two attached hydrogens (primary N) is 1. The summed E-state index contributed by atoms with van der Waals surface area (Å²) in [5.74, 6) is -1.25. The minimum Gasteiger partial charge on any atom is -0.481 e. The molecule has 0 aromatic carbocycles. The fraction of sp³-hybridized carbons (Fsp3) is 0.300. The summed E-state index contributed by atoms with van der Waals surface area (Å²) in [5, 5.41) is 17.4. The van der Waals surface area contributed by atoms with Crippen molar-refractivity contribution < 1.29 is 18.7 Å². The lowest BCUT2D eigenvalue weighted by atomic mass is 10.0. The fourth-order valence-electron chi connectivity index (χ4n) is 1.36. The Morgan fingerprint density at radius 3 is 2.71 bits per heavy atom. The molecule has 0 saturated heterocycles. The maximum Gasteiger partial charge on any atom is 0.309 e. The van der Waals surface area contributed by atoms with Crippen LogP contribution in [0.2, 0.25) is 0 Å². The Balaban J connectivity index is 3.40. The number of hydrogen-bond donors (Lipinski definition) is 2. The first-order chi connectivity index (χ1) is 7.99. The number of hydrogen-bond acceptors (Lipinski definition) is 4. The highest BCUT2D eigenvalue weighted by Gasteiger charge is 2.20. The van der Waals surface area contributed by atoms with Crippen molar-refractivity contribution in [3.05, 3.63) is 28.6 Å². The van der Waals surface area contributed by atoms with E-state index in [4.69, 9.17) is 16.1 Å². The van der Waals surface area contributed by atoms with E-state index >= 15 is 0 Å². The Labute approximate surface area is 95.5 Å². The van der Waals surface area contributed by atoms with E-state index in [0.29, 0.717) is 0 Å². The largest absolute Gasteiger partial charge is 0.481 e. The van der Waals surface area contributed by atoms with Crippen molar-refractivity contribution >= 4 is 5.97 Å². The molecule has 1 aromatic heterocycles. The molecule has 5 nitrogen and oxygen atoms in total. The number of alkyl halides is 2. The predicted octanol–water partition coefficient (Wildman–Crippen LogP) is 0.977. The fourth-order valence-corrected chi connectivity index (χ4v) is 1.36. The van der Waals surface area contributed by atoms with Crippen molar-refractivity contribution in [3.63, 3.8) is 0 Å². The summed E-state index contributed by atoms with van der Waals surface area (Å²) in [4.78, 5) is 14.3. The smallest absolute Gasteiger partial charge is 0.309 e. The zero-order valence-corrected chi connectivity index (χ0v) is 8.65. The molecule has 0 fully saturated rings. The standard InChI is InChI=1S/C10H9F2N3O2/c11-10(12)6-1-5(3-13)15-8(2-9(16)17)7(6)4-14/h1,10H,2-3,13H2,(H,16,17). The summed E-state index contributed by atoms with van der Waals surface area (Å²) < 4.78 is 25.4. The Bertz CT molecular complexity index is 483. The van der Waals surface area contributed by atoms with E-state index in [1.807, 2.05) is 0 Å². The van der Waals surface area contributed by atoms with Crippen molar-refractivity contribution in [3.8, 4) is 6.07 Å². The molecule has 0 spiro atoms. The molecule has 0 bridgehead atoms. The van der Waals surface area contributed by atoms with Gasteiger partial charge in [-0.1, -0.05) is 0 Å². The first kappa shape index (κ1) is 13.0. The Morgan fingerprint density at radius 1 is 1.65 bits per heavy atom. The summed E-state index contributed by atoms with van der Waals surface area (Å²) in [5.41, 5.74) is 4.31. The highest BCUT2D eigenvalue weighted by atomic mass is 19.3. The third kappa shape index (κ3) is 2.95. The number of pyridine rings is 1. The zero-order chi connectivity index (χ0) is 13.0. The van der Waals surface area contributed by atoms with Crippen LogP contribution < -0.4 is 5.73 Å². The van der Waals surface area contributed by atoms with Gasteiger partial charge in [-0.25, -0.2) is 8.78 Å². The van der Waals surface area contributed by atoms with Gasteiger partial charge in [-0.2, -0.15) is 5.26 Å². The van der Waals surface area contributed by atoms with E-state index < -0.39 is 24.4 Å². The number of carbonyl (C=O) groups is 1. The molecular formula is C10H9F2N3O2. The monoisotopic (exact) mass is 241 g/mol. The first-order valence-corrected chi connectivity index (χ1v) is 4.62.